The molecule has 2 fully saturated rings. The van der Waals surface area contributed by atoms with Crippen LogP contribution in [0.2, 0.25) is 0 Å². The third kappa shape index (κ3) is 4.97. The molecule has 0 aromatic rings. The third-order valence-corrected chi connectivity index (χ3v) is 4.82. The van der Waals surface area contributed by atoms with E-state index in [0.717, 1.165) is 13.0 Å². The van der Waals surface area contributed by atoms with Crippen molar-refractivity contribution in [2.45, 2.75) is 63.8 Å². The molecule has 1 aliphatic carbocycles. The standard InChI is InChI=1S/C16H31N3O/c1-18(15-9-3-2-4-10-15)16(20)17-11-5-6-12-19-13-7-8-14-19/h15H,2-14H2,1H3,(H,17,20). The Balaban J connectivity index is 1.52. The summed E-state index contributed by atoms with van der Waals surface area (Å²) in [6.07, 6.45) is 11.3. The molecule has 1 aliphatic heterocycles. The first-order valence-corrected chi connectivity index (χ1v) is 8.50. The maximum Gasteiger partial charge on any atom is 0.317 e. The van der Waals surface area contributed by atoms with Crippen LogP contribution >= 0.6 is 0 Å². The lowest BCUT2D eigenvalue weighted by Crippen LogP contribution is -2.44. The molecule has 2 rings (SSSR count). The monoisotopic (exact) mass is 281 g/mol. The smallest absolute Gasteiger partial charge is 0.317 e. The normalized spacial score (nSPS) is 21.1. The van der Waals surface area contributed by atoms with E-state index in [-0.39, 0.29) is 6.03 Å². The highest BCUT2D eigenvalue weighted by atomic mass is 16.2. The molecule has 0 bridgehead atoms. The third-order valence-electron chi connectivity index (χ3n) is 4.82. The lowest BCUT2D eigenvalue weighted by molar-refractivity contribution is 0.173. The molecule has 1 heterocycles. The summed E-state index contributed by atoms with van der Waals surface area (Å²) in [6.45, 7) is 4.58. The Morgan fingerprint density at radius 1 is 1.10 bits per heavy atom. The molecule has 0 spiro atoms. The van der Waals surface area contributed by atoms with Crippen molar-refractivity contribution in [2.24, 2.45) is 0 Å². The molecule has 0 atom stereocenters. The zero-order valence-corrected chi connectivity index (χ0v) is 13.1. The van der Waals surface area contributed by atoms with Crippen LogP contribution in [0.1, 0.15) is 57.8 Å². The minimum atomic E-state index is 0.123. The van der Waals surface area contributed by atoms with Crippen LogP contribution in [0.25, 0.3) is 0 Å². The van der Waals surface area contributed by atoms with Crippen molar-refractivity contribution in [2.75, 3.05) is 33.2 Å². The second-order valence-corrected chi connectivity index (χ2v) is 6.39. The molecule has 20 heavy (non-hydrogen) atoms. The molecule has 0 aromatic heterocycles. The zero-order chi connectivity index (χ0) is 14.2. The summed E-state index contributed by atoms with van der Waals surface area (Å²) >= 11 is 0. The van der Waals surface area contributed by atoms with E-state index >= 15 is 0 Å². The second-order valence-electron chi connectivity index (χ2n) is 6.39. The molecule has 0 radical (unpaired) electrons. The van der Waals surface area contributed by atoms with E-state index in [2.05, 4.69) is 10.2 Å². The fraction of sp³-hybridized carbons (Fsp3) is 0.938. The van der Waals surface area contributed by atoms with Crippen molar-refractivity contribution in [3.63, 3.8) is 0 Å². The van der Waals surface area contributed by atoms with E-state index in [9.17, 15) is 4.79 Å². The maximum atomic E-state index is 12.1. The van der Waals surface area contributed by atoms with Crippen molar-refractivity contribution in [1.82, 2.24) is 15.1 Å². The van der Waals surface area contributed by atoms with Gasteiger partial charge >= 0.3 is 6.03 Å². The first-order valence-electron chi connectivity index (χ1n) is 8.50. The molecule has 2 amide bonds. The summed E-state index contributed by atoms with van der Waals surface area (Å²) in [6, 6.07) is 0.589. The zero-order valence-electron chi connectivity index (χ0n) is 13.1. The fourth-order valence-corrected chi connectivity index (χ4v) is 3.42. The van der Waals surface area contributed by atoms with Gasteiger partial charge in [-0.05, 0) is 58.2 Å². The van der Waals surface area contributed by atoms with Gasteiger partial charge in [0.1, 0.15) is 0 Å². The lowest BCUT2D eigenvalue weighted by Gasteiger charge is -2.31. The van der Waals surface area contributed by atoms with Crippen LogP contribution in [0, 0.1) is 0 Å². The summed E-state index contributed by atoms with van der Waals surface area (Å²) in [7, 11) is 1.95. The topological polar surface area (TPSA) is 35.6 Å². The highest BCUT2D eigenvalue weighted by Gasteiger charge is 2.21. The lowest BCUT2D eigenvalue weighted by atomic mass is 9.95. The van der Waals surface area contributed by atoms with Gasteiger partial charge in [-0.3, -0.25) is 0 Å². The van der Waals surface area contributed by atoms with Crippen molar-refractivity contribution < 1.29 is 4.79 Å². The first-order chi connectivity index (χ1) is 9.77. The number of rotatable bonds is 6. The number of amides is 2. The first kappa shape index (κ1) is 15.6. The minimum Gasteiger partial charge on any atom is -0.338 e. The van der Waals surface area contributed by atoms with E-state index in [4.69, 9.17) is 0 Å². The highest BCUT2D eigenvalue weighted by Crippen LogP contribution is 2.21. The maximum absolute atomic E-state index is 12.1. The number of hydrogen-bond donors (Lipinski definition) is 1. The van der Waals surface area contributed by atoms with E-state index in [1.165, 1.54) is 71.0 Å². The molecule has 4 nitrogen and oxygen atoms in total. The van der Waals surface area contributed by atoms with Crippen LogP contribution in [0.15, 0.2) is 0 Å². The number of carbonyl (C=O) groups excluding carboxylic acids is 1. The molecule has 116 valence electrons. The number of urea groups is 1. The van der Waals surface area contributed by atoms with Crippen LogP contribution < -0.4 is 5.32 Å². The van der Waals surface area contributed by atoms with Crippen LogP contribution in [-0.2, 0) is 0 Å². The number of nitrogens with zero attached hydrogens (tertiary/aromatic N) is 2. The largest absolute Gasteiger partial charge is 0.338 e. The van der Waals surface area contributed by atoms with Gasteiger partial charge in [-0.25, -0.2) is 4.79 Å². The Morgan fingerprint density at radius 3 is 2.50 bits per heavy atom. The minimum absolute atomic E-state index is 0.123. The second kappa shape index (κ2) is 8.50. The van der Waals surface area contributed by atoms with Gasteiger partial charge in [0.2, 0.25) is 0 Å². The van der Waals surface area contributed by atoms with Gasteiger partial charge in [-0.2, -0.15) is 0 Å². The molecule has 2 aliphatic rings. The average Bonchev–Trinajstić information content (AvgIpc) is 3.00. The summed E-state index contributed by atoms with van der Waals surface area (Å²) < 4.78 is 0. The number of carbonyl (C=O) groups is 1. The van der Waals surface area contributed by atoms with Gasteiger partial charge in [-0.1, -0.05) is 19.3 Å². The Labute approximate surface area is 123 Å². The van der Waals surface area contributed by atoms with Gasteiger partial charge in [0.25, 0.3) is 0 Å². The van der Waals surface area contributed by atoms with Crippen molar-refractivity contribution in [3.05, 3.63) is 0 Å². The van der Waals surface area contributed by atoms with E-state index < -0.39 is 0 Å². The van der Waals surface area contributed by atoms with Crippen LogP contribution in [0.3, 0.4) is 0 Å². The summed E-state index contributed by atoms with van der Waals surface area (Å²) in [5.41, 5.74) is 0. The molecule has 1 N–H and O–H groups in total. The Bertz CT molecular complexity index is 283. The quantitative estimate of drug-likeness (QED) is 0.760. The van der Waals surface area contributed by atoms with Crippen molar-refractivity contribution >= 4 is 6.03 Å². The summed E-state index contributed by atoms with van der Waals surface area (Å²) in [5, 5.41) is 3.07. The van der Waals surface area contributed by atoms with Gasteiger partial charge < -0.3 is 15.1 Å². The Morgan fingerprint density at radius 2 is 1.80 bits per heavy atom. The van der Waals surface area contributed by atoms with Gasteiger partial charge in [-0.15, -0.1) is 0 Å². The van der Waals surface area contributed by atoms with Crippen molar-refractivity contribution in [1.29, 1.82) is 0 Å². The summed E-state index contributed by atoms with van der Waals surface area (Å²) in [5.74, 6) is 0. The molecule has 0 aromatic carbocycles. The number of unbranched alkanes of at least 4 members (excludes halogenated alkanes) is 1. The molecular weight excluding hydrogens is 250 g/mol. The predicted octanol–water partition coefficient (Wildman–Crippen LogP) is 2.84. The van der Waals surface area contributed by atoms with Gasteiger partial charge in [0.05, 0.1) is 0 Å². The molecule has 0 unspecified atom stereocenters. The van der Waals surface area contributed by atoms with Crippen LogP contribution in [0.4, 0.5) is 4.79 Å². The van der Waals surface area contributed by atoms with Crippen LogP contribution in [0.5, 0.6) is 0 Å². The van der Waals surface area contributed by atoms with E-state index in [1.54, 1.807) is 0 Å². The van der Waals surface area contributed by atoms with Crippen molar-refractivity contribution in [3.8, 4) is 0 Å². The summed E-state index contributed by atoms with van der Waals surface area (Å²) in [4.78, 5) is 16.5. The van der Waals surface area contributed by atoms with Crippen LogP contribution in [-0.4, -0.2) is 55.1 Å². The number of nitrogens with one attached hydrogen (secondary N) is 1. The fourth-order valence-electron chi connectivity index (χ4n) is 3.42. The molecule has 4 heteroatoms. The predicted molar refractivity (Wildman–Crippen MR) is 82.9 cm³/mol. The molecule has 1 saturated carbocycles. The van der Waals surface area contributed by atoms with Gasteiger partial charge in [0.15, 0.2) is 0 Å². The van der Waals surface area contributed by atoms with Gasteiger partial charge in [0, 0.05) is 19.6 Å². The highest BCUT2D eigenvalue weighted by molar-refractivity contribution is 5.74. The Hall–Kier alpha value is -0.770. The Kier molecular flexibility index (Phi) is 6.64. The average molecular weight is 281 g/mol. The molecular formula is C16H31N3O. The molecule has 1 saturated heterocycles. The number of likely N-dealkylation sites (tertiary alicyclic amines) is 1. The SMILES string of the molecule is CN(C(=O)NCCCCN1CCCC1)C1CCCCC1. The number of hydrogen-bond acceptors (Lipinski definition) is 2. The van der Waals surface area contributed by atoms with E-state index in [1.807, 2.05) is 11.9 Å². The van der Waals surface area contributed by atoms with E-state index in [0.29, 0.717) is 6.04 Å².